The number of ether oxygens (including phenoxy) is 1. The first kappa shape index (κ1) is 15.5. The number of anilines is 1. The second kappa shape index (κ2) is 6.74. The zero-order chi connectivity index (χ0) is 15.3. The highest BCUT2D eigenvalue weighted by Gasteiger charge is 2.39. The molecule has 0 saturated heterocycles. The van der Waals surface area contributed by atoms with Crippen LogP contribution in [0.3, 0.4) is 0 Å². The van der Waals surface area contributed by atoms with E-state index in [-0.39, 0.29) is 6.42 Å². The number of aliphatic carboxylic acids is 1. The van der Waals surface area contributed by atoms with E-state index in [0.717, 1.165) is 32.1 Å². The van der Waals surface area contributed by atoms with Gasteiger partial charge in [-0.15, -0.1) is 0 Å². The Balaban J connectivity index is 2.26. The summed E-state index contributed by atoms with van der Waals surface area (Å²) in [5.74, 6) is 0.282. The first-order valence-corrected chi connectivity index (χ1v) is 7.49. The lowest BCUT2D eigenvalue weighted by Gasteiger charge is -2.43. The molecule has 1 saturated carbocycles. The van der Waals surface area contributed by atoms with Gasteiger partial charge in [0.25, 0.3) is 0 Å². The molecule has 0 spiro atoms. The molecule has 0 atom stereocenters. The van der Waals surface area contributed by atoms with Crippen molar-refractivity contribution in [3.63, 3.8) is 0 Å². The van der Waals surface area contributed by atoms with Gasteiger partial charge in [-0.3, -0.25) is 4.79 Å². The maximum absolute atomic E-state index is 11.3. The van der Waals surface area contributed by atoms with Crippen molar-refractivity contribution < 1.29 is 14.6 Å². The largest absolute Gasteiger partial charge is 0.481 e. The van der Waals surface area contributed by atoms with Gasteiger partial charge in [-0.1, -0.05) is 19.3 Å². The lowest BCUT2D eigenvalue weighted by atomic mass is 9.78. The van der Waals surface area contributed by atoms with Crippen LogP contribution in [-0.4, -0.2) is 40.2 Å². The number of rotatable bonds is 6. The van der Waals surface area contributed by atoms with Crippen molar-refractivity contribution in [3.05, 3.63) is 12.3 Å². The first-order valence-electron chi connectivity index (χ1n) is 7.49. The molecule has 0 amide bonds. The summed E-state index contributed by atoms with van der Waals surface area (Å²) in [5.41, 5.74) is -0.394. The second-order valence-electron chi connectivity index (χ2n) is 5.54. The monoisotopic (exact) mass is 293 g/mol. The van der Waals surface area contributed by atoms with Crippen LogP contribution < -0.4 is 9.64 Å². The summed E-state index contributed by atoms with van der Waals surface area (Å²) < 4.78 is 5.40. The molecule has 6 heteroatoms. The molecule has 0 aromatic carbocycles. The Morgan fingerprint density at radius 1 is 1.43 bits per heavy atom. The van der Waals surface area contributed by atoms with Crippen molar-refractivity contribution in [3.8, 4) is 5.88 Å². The van der Waals surface area contributed by atoms with Crippen molar-refractivity contribution in [2.75, 3.05) is 18.6 Å². The van der Waals surface area contributed by atoms with E-state index in [9.17, 15) is 9.90 Å². The summed E-state index contributed by atoms with van der Waals surface area (Å²) >= 11 is 0. The molecule has 1 fully saturated rings. The van der Waals surface area contributed by atoms with Crippen LogP contribution in [0.5, 0.6) is 5.88 Å². The molecular formula is C15H23N3O3. The minimum atomic E-state index is -0.773. The highest BCUT2D eigenvalue weighted by Crippen LogP contribution is 2.37. The third-order valence-electron chi connectivity index (χ3n) is 4.19. The van der Waals surface area contributed by atoms with Gasteiger partial charge in [0.15, 0.2) is 0 Å². The molecular weight excluding hydrogens is 270 g/mol. The minimum absolute atomic E-state index is 0.117. The zero-order valence-electron chi connectivity index (χ0n) is 12.7. The molecule has 1 aliphatic carbocycles. The molecule has 1 heterocycles. The number of aromatic nitrogens is 2. The second-order valence-corrected chi connectivity index (χ2v) is 5.54. The summed E-state index contributed by atoms with van der Waals surface area (Å²) in [6, 6.07) is 1.71. The van der Waals surface area contributed by atoms with Gasteiger partial charge in [0.2, 0.25) is 11.8 Å². The van der Waals surface area contributed by atoms with E-state index in [0.29, 0.717) is 18.4 Å². The number of hydrogen-bond acceptors (Lipinski definition) is 5. The summed E-state index contributed by atoms with van der Waals surface area (Å²) in [6.45, 7) is 2.44. The zero-order valence-corrected chi connectivity index (χ0v) is 12.7. The summed E-state index contributed by atoms with van der Waals surface area (Å²) in [4.78, 5) is 21.9. The van der Waals surface area contributed by atoms with Gasteiger partial charge >= 0.3 is 5.97 Å². The number of carboxylic acid groups (broad SMARTS) is 1. The fraction of sp³-hybridized carbons (Fsp3) is 0.667. The summed E-state index contributed by atoms with van der Waals surface area (Å²) in [6.07, 6.45) is 6.74. The van der Waals surface area contributed by atoms with Crippen molar-refractivity contribution >= 4 is 11.9 Å². The number of hydrogen-bond donors (Lipinski definition) is 1. The van der Waals surface area contributed by atoms with E-state index in [2.05, 4.69) is 9.97 Å². The Bertz CT molecular complexity index is 487. The Morgan fingerprint density at radius 2 is 2.14 bits per heavy atom. The molecule has 0 unspecified atom stereocenters. The Morgan fingerprint density at radius 3 is 2.76 bits per heavy atom. The van der Waals surface area contributed by atoms with Crippen LogP contribution in [0.4, 0.5) is 5.95 Å². The molecule has 1 aromatic rings. The highest BCUT2D eigenvalue weighted by molar-refractivity contribution is 5.69. The maximum Gasteiger partial charge on any atom is 0.305 e. The van der Waals surface area contributed by atoms with Gasteiger partial charge in [-0.05, 0) is 19.8 Å². The standard InChI is InChI=1S/C15H23N3O3/c1-3-21-12-7-10-16-14(17-12)18(2)15(11-13(19)20)8-5-4-6-9-15/h7,10H,3-6,8-9,11H2,1-2H3,(H,19,20). The van der Waals surface area contributed by atoms with Gasteiger partial charge in [0.05, 0.1) is 18.6 Å². The highest BCUT2D eigenvalue weighted by atomic mass is 16.5. The van der Waals surface area contributed by atoms with Crippen molar-refractivity contribution in [2.24, 2.45) is 0 Å². The van der Waals surface area contributed by atoms with E-state index in [4.69, 9.17) is 4.74 Å². The van der Waals surface area contributed by atoms with Gasteiger partial charge < -0.3 is 14.7 Å². The molecule has 116 valence electrons. The van der Waals surface area contributed by atoms with Gasteiger partial charge in [0.1, 0.15) is 0 Å². The predicted molar refractivity (Wildman–Crippen MR) is 79.7 cm³/mol. The number of carbonyl (C=O) groups is 1. The van der Waals surface area contributed by atoms with E-state index in [1.165, 1.54) is 0 Å². The minimum Gasteiger partial charge on any atom is -0.481 e. The van der Waals surface area contributed by atoms with E-state index in [1.54, 1.807) is 12.3 Å². The predicted octanol–water partition coefficient (Wildman–Crippen LogP) is 2.49. The molecule has 1 N–H and O–H groups in total. The quantitative estimate of drug-likeness (QED) is 0.868. The number of nitrogens with zero attached hydrogens (tertiary/aromatic N) is 3. The van der Waals surface area contributed by atoms with Crippen molar-refractivity contribution in [1.82, 2.24) is 9.97 Å². The smallest absolute Gasteiger partial charge is 0.305 e. The van der Waals surface area contributed by atoms with Crippen LogP contribution in [0.15, 0.2) is 12.3 Å². The molecule has 21 heavy (non-hydrogen) atoms. The SMILES string of the molecule is CCOc1ccnc(N(C)C2(CC(=O)O)CCCCC2)n1. The molecule has 0 aliphatic heterocycles. The van der Waals surface area contributed by atoms with E-state index < -0.39 is 11.5 Å². The van der Waals surface area contributed by atoms with E-state index >= 15 is 0 Å². The first-order chi connectivity index (χ1) is 10.1. The molecule has 1 aliphatic rings. The third kappa shape index (κ3) is 3.62. The van der Waals surface area contributed by atoms with Crippen molar-refractivity contribution in [1.29, 1.82) is 0 Å². The Kier molecular flexibility index (Phi) is 4.98. The average Bonchev–Trinajstić information content (AvgIpc) is 2.47. The third-order valence-corrected chi connectivity index (χ3v) is 4.19. The topological polar surface area (TPSA) is 75.5 Å². The Labute approximate surface area is 125 Å². The lowest BCUT2D eigenvalue weighted by Crippen LogP contribution is -2.50. The van der Waals surface area contributed by atoms with Crippen LogP contribution in [0, 0.1) is 0 Å². The lowest BCUT2D eigenvalue weighted by molar-refractivity contribution is -0.138. The maximum atomic E-state index is 11.3. The van der Waals surface area contributed by atoms with Crippen LogP contribution in [0.25, 0.3) is 0 Å². The van der Waals surface area contributed by atoms with Crippen LogP contribution in [0.1, 0.15) is 45.4 Å². The molecule has 2 rings (SSSR count). The normalized spacial score (nSPS) is 17.2. The fourth-order valence-electron chi connectivity index (χ4n) is 3.06. The molecule has 1 aromatic heterocycles. The molecule has 0 bridgehead atoms. The van der Waals surface area contributed by atoms with E-state index in [1.807, 2.05) is 18.9 Å². The van der Waals surface area contributed by atoms with Gasteiger partial charge in [-0.25, -0.2) is 4.98 Å². The van der Waals surface area contributed by atoms with Crippen LogP contribution in [0.2, 0.25) is 0 Å². The molecule has 0 radical (unpaired) electrons. The summed E-state index contributed by atoms with van der Waals surface area (Å²) in [7, 11) is 1.89. The number of carboxylic acids is 1. The molecule has 6 nitrogen and oxygen atoms in total. The van der Waals surface area contributed by atoms with Gasteiger partial charge in [-0.2, -0.15) is 4.98 Å². The summed E-state index contributed by atoms with van der Waals surface area (Å²) in [5, 5.41) is 9.27. The average molecular weight is 293 g/mol. The van der Waals surface area contributed by atoms with Crippen molar-refractivity contribution in [2.45, 2.75) is 51.0 Å². The fourth-order valence-corrected chi connectivity index (χ4v) is 3.06. The van der Waals surface area contributed by atoms with Crippen LogP contribution in [-0.2, 0) is 4.79 Å². The van der Waals surface area contributed by atoms with Gasteiger partial charge in [0, 0.05) is 19.3 Å². The van der Waals surface area contributed by atoms with Crippen LogP contribution >= 0.6 is 0 Å². The Hall–Kier alpha value is -1.85.